The molecule has 0 bridgehead atoms. The topological polar surface area (TPSA) is 53.6 Å². The minimum atomic E-state index is 0.701. The Labute approximate surface area is 107 Å². The van der Waals surface area contributed by atoms with Gasteiger partial charge in [-0.2, -0.15) is 10.4 Å². The second kappa shape index (κ2) is 5.48. The molecule has 0 fully saturated rings. The molecular weight excluding hydrogens is 224 g/mol. The Morgan fingerprint density at radius 2 is 2.22 bits per heavy atom. The van der Waals surface area contributed by atoms with Gasteiger partial charge in [0.1, 0.15) is 0 Å². The lowest BCUT2D eigenvalue weighted by Crippen LogP contribution is -2.13. The van der Waals surface area contributed by atoms with Gasteiger partial charge < -0.3 is 5.32 Å². The summed E-state index contributed by atoms with van der Waals surface area (Å²) in [4.78, 5) is 0. The first-order valence-corrected chi connectivity index (χ1v) is 5.88. The van der Waals surface area contributed by atoms with Crippen molar-refractivity contribution in [1.29, 1.82) is 5.26 Å². The molecule has 92 valence electrons. The van der Waals surface area contributed by atoms with E-state index in [1.807, 2.05) is 49.1 Å². The van der Waals surface area contributed by atoms with Crippen LogP contribution in [0.1, 0.15) is 22.4 Å². The molecule has 1 aromatic heterocycles. The van der Waals surface area contributed by atoms with Crippen molar-refractivity contribution < 1.29 is 0 Å². The van der Waals surface area contributed by atoms with E-state index in [2.05, 4.69) is 16.5 Å². The largest absolute Gasteiger partial charge is 0.308 e. The molecule has 0 unspecified atom stereocenters. The van der Waals surface area contributed by atoms with Crippen molar-refractivity contribution in [1.82, 2.24) is 15.1 Å². The molecule has 0 spiro atoms. The van der Waals surface area contributed by atoms with Crippen LogP contribution < -0.4 is 5.32 Å². The summed E-state index contributed by atoms with van der Waals surface area (Å²) < 4.78 is 1.82. The van der Waals surface area contributed by atoms with E-state index in [-0.39, 0.29) is 0 Å². The number of hydrogen-bond acceptors (Lipinski definition) is 3. The summed E-state index contributed by atoms with van der Waals surface area (Å²) in [6.07, 6.45) is 2.02. The molecule has 4 nitrogen and oxygen atoms in total. The van der Waals surface area contributed by atoms with E-state index >= 15 is 0 Å². The number of aryl methyl sites for hydroxylation is 2. The van der Waals surface area contributed by atoms with Crippen LogP contribution in [-0.2, 0) is 20.1 Å². The van der Waals surface area contributed by atoms with Crippen LogP contribution >= 0.6 is 0 Å². The molecule has 0 radical (unpaired) electrons. The van der Waals surface area contributed by atoms with Gasteiger partial charge in [-0.3, -0.25) is 4.68 Å². The maximum Gasteiger partial charge on any atom is 0.0991 e. The SMILES string of the molecule is Cc1nn(C)cc1CNCc1cccc(C#N)c1. The van der Waals surface area contributed by atoms with E-state index < -0.39 is 0 Å². The Kier molecular flexibility index (Phi) is 3.75. The van der Waals surface area contributed by atoms with Crippen molar-refractivity contribution in [2.45, 2.75) is 20.0 Å². The first-order valence-electron chi connectivity index (χ1n) is 5.88. The summed E-state index contributed by atoms with van der Waals surface area (Å²) >= 11 is 0. The van der Waals surface area contributed by atoms with Crippen LogP contribution in [0.4, 0.5) is 0 Å². The molecule has 0 aliphatic rings. The van der Waals surface area contributed by atoms with Gasteiger partial charge in [-0.1, -0.05) is 12.1 Å². The fourth-order valence-electron chi connectivity index (χ4n) is 1.91. The predicted molar refractivity (Wildman–Crippen MR) is 69.6 cm³/mol. The molecule has 0 aliphatic heterocycles. The summed E-state index contributed by atoms with van der Waals surface area (Å²) in [5.41, 5.74) is 4.08. The number of nitriles is 1. The van der Waals surface area contributed by atoms with Crippen molar-refractivity contribution in [2.24, 2.45) is 7.05 Å². The fraction of sp³-hybridized carbons (Fsp3) is 0.286. The highest BCUT2D eigenvalue weighted by molar-refractivity contribution is 5.32. The molecule has 0 saturated carbocycles. The van der Waals surface area contributed by atoms with Gasteiger partial charge >= 0.3 is 0 Å². The molecular formula is C14H16N4. The average Bonchev–Trinajstić information content (AvgIpc) is 2.68. The van der Waals surface area contributed by atoms with E-state index in [0.717, 1.165) is 24.3 Å². The molecule has 2 aromatic rings. The number of aromatic nitrogens is 2. The monoisotopic (exact) mass is 240 g/mol. The highest BCUT2D eigenvalue weighted by atomic mass is 15.2. The smallest absolute Gasteiger partial charge is 0.0991 e. The molecule has 1 N–H and O–H groups in total. The zero-order chi connectivity index (χ0) is 13.0. The number of nitrogens with one attached hydrogen (secondary N) is 1. The van der Waals surface area contributed by atoms with E-state index in [0.29, 0.717) is 5.56 Å². The Balaban J connectivity index is 1.92. The third-order valence-corrected chi connectivity index (χ3v) is 2.82. The number of benzene rings is 1. The van der Waals surface area contributed by atoms with Crippen LogP contribution in [0.25, 0.3) is 0 Å². The van der Waals surface area contributed by atoms with Gasteiger partial charge in [0, 0.05) is 31.9 Å². The Morgan fingerprint density at radius 1 is 1.39 bits per heavy atom. The van der Waals surface area contributed by atoms with E-state index in [4.69, 9.17) is 5.26 Å². The van der Waals surface area contributed by atoms with Crippen molar-refractivity contribution >= 4 is 0 Å². The second-order valence-corrected chi connectivity index (χ2v) is 4.33. The lowest BCUT2D eigenvalue weighted by atomic mass is 10.1. The maximum absolute atomic E-state index is 8.82. The van der Waals surface area contributed by atoms with Gasteiger partial charge in [0.15, 0.2) is 0 Å². The molecule has 0 aliphatic carbocycles. The quantitative estimate of drug-likeness (QED) is 0.888. The lowest BCUT2D eigenvalue weighted by molar-refractivity contribution is 0.690. The summed E-state index contributed by atoms with van der Waals surface area (Å²) in [5, 5.41) is 16.5. The van der Waals surface area contributed by atoms with Crippen LogP contribution in [-0.4, -0.2) is 9.78 Å². The minimum Gasteiger partial charge on any atom is -0.308 e. The third kappa shape index (κ3) is 2.96. The molecule has 4 heteroatoms. The molecule has 18 heavy (non-hydrogen) atoms. The lowest BCUT2D eigenvalue weighted by Gasteiger charge is -2.04. The van der Waals surface area contributed by atoms with Crippen molar-refractivity contribution in [3.8, 4) is 6.07 Å². The number of rotatable bonds is 4. The van der Waals surface area contributed by atoms with Crippen LogP contribution in [0.15, 0.2) is 30.5 Å². The van der Waals surface area contributed by atoms with Gasteiger partial charge in [-0.05, 0) is 24.6 Å². The molecule has 1 heterocycles. The van der Waals surface area contributed by atoms with Crippen LogP contribution in [0, 0.1) is 18.3 Å². The Hall–Kier alpha value is -2.12. The first kappa shape index (κ1) is 12.3. The Bertz CT molecular complexity index is 578. The van der Waals surface area contributed by atoms with Crippen molar-refractivity contribution in [3.63, 3.8) is 0 Å². The van der Waals surface area contributed by atoms with E-state index in [1.165, 1.54) is 5.56 Å². The van der Waals surface area contributed by atoms with E-state index in [9.17, 15) is 0 Å². The fourth-order valence-corrected chi connectivity index (χ4v) is 1.91. The van der Waals surface area contributed by atoms with Gasteiger partial charge in [0.05, 0.1) is 17.3 Å². The predicted octanol–water partition coefficient (Wildman–Crippen LogP) is 1.89. The molecule has 2 rings (SSSR count). The highest BCUT2D eigenvalue weighted by Crippen LogP contribution is 2.06. The van der Waals surface area contributed by atoms with Gasteiger partial charge in [-0.15, -0.1) is 0 Å². The summed E-state index contributed by atoms with van der Waals surface area (Å²) in [7, 11) is 1.92. The zero-order valence-electron chi connectivity index (χ0n) is 10.6. The first-order chi connectivity index (χ1) is 8.69. The van der Waals surface area contributed by atoms with E-state index in [1.54, 1.807) is 0 Å². The van der Waals surface area contributed by atoms with Gasteiger partial charge in [0.25, 0.3) is 0 Å². The standard InChI is InChI=1S/C14H16N4/c1-11-14(10-18(2)17-11)9-16-8-13-5-3-4-12(6-13)7-15/h3-6,10,16H,8-9H2,1-2H3. The molecule has 0 amide bonds. The van der Waals surface area contributed by atoms with Gasteiger partial charge in [0.2, 0.25) is 0 Å². The number of nitrogens with zero attached hydrogens (tertiary/aromatic N) is 3. The minimum absolute atomic E-state index is 0.701. The second-order valence-electron chi connectivity index (χ2n) is 4.33. The average molecular weight is 240 g/mol. The zero-order valence-corrected chi connectivity index (χ0v) is 10.6. The van der Waals surface area contributed by atoms with Crippen molar-refractivity contribution in [2.75, 3.05) is 0 Å². The molecule has 1 aromatic carbocycles. The summed E-state index contributed by atoms with van der Waals surface area (Å²) in [6.45, 7) is 3.55. The van der Waals surface area contributed by atoms with Crippen LogP contribution in [0.3, 0.4) is 0 Å². The van der Waals surface area contributed by atoms with Crippen LogP contribution in [0.5, 0.6) is 0 Å². The normalized spacial score (nSPS) is 10.3. The maximum atomic E-state index is 8.82. The highest BCUT2D eigenvalue weighted by Gasteiger charge is 2.02. The molecule has 0 atom stereocenters. The third-order valence-electron chi connectivity index (χ3n) is 2.82. The Morgan fingerprint density at radius 3 is 2.89 bits per heavy atom. The van der Waals surface area contributed by atoms with Gasteiger partial charge in [-0.25, -0.2) is 0 Å². The summed E-state index contributed by atoms with van der Waals surface area (Å²) in [6, 6.07) is 9.79. The molecule has 0 saturated heterocycles. The summed E-state index contributed by atoms with van der Waals surface area (Å²) in [5.74, 6) is 0. The number of hydrogen-bond donors (Lipinski definition) is 1. The van der Waals surface area contributed by atoms with Crippen molar-refractivity contribution in [3.05, 3.63) is 52.8 Å². The van der Waals surface area contributed by atoms with Crippen LogP contribution in [0.2, 0.25) is 0 Å².